The molecule has 0 fully saturated rings. The number of benzene rings is 1. The van der Waals surface area contributed by atoms with Crippen molar-refractivity contribution in [3.63, 3.8) is 0 Å². The quantitative estimate of drug-likeness (QED) is 0.778. The normalized spacial score (nSPS) is 12.1. The van der Waals surface area contributed by atoms with E-state index in [0.29, 0.717) is 19.4 Å². The number of amides is 1. The van der Waals surface area contributed by atoms with Crippen molar-refractivity contribution in [3.05, 3.63) is 56.6 Å². The number of carbonyl (C=O) groups excluding carboxylic acids is 1. The highest BCUT2D eigenvalue weighted by atomic mass is 32.1. The van der Waals surface area contributed by atoms with Crippen molar-refractivity contribution < 1.29 is 9.90 Å². The number of hydrogen-bond acceptors (Lipinski definition) is 4. The standard InChI is InChI=1S/C17H22N2O3S/c1-13-12-23-17(22)19(13)10-9-16(21)18-15(8-5-11-20)14-6-3-2-4-7-14/h2-4,6-7,12,15,20H,5,8-11H2,1H3,(H,18,21). The predicted molar refractivity (Wildman–Crippen MR) is 91.6 cm³/mol. The van der Waals surface area contributed by atoms with Gasteiger partial charge in [-0.05, 0) is 25.3 Å². The van der Waals surface area contributed by atoms with Crippen LogP contribution in [0.5, 0.6) is 0 Å². The van der Waals surface area contributed by atoms with Crippen molar-refractivity contribution in [2.45, 2.75) is 38.8 Å². The van der Waals surface area contributed by atoms with Gasteiger partial charge in [-0.2, -0.15) is 0 Å². The molecule has 0 radical (unpaired) electrons. The summed E-state index contributed by atoms with van der Waals surface area (Å²) in [7, 11) is 0. The molecule has 0 saturated heterocycles. The van der Waals surface area contributed by atoms with Gasteiger partial charge in [0.2, 0.25) is 5.91 Å². The van der Waals surface area contributed by atoms with E-state index in [2.05, 4.69) is 5.32 Å². The maximum Gasteiger partial charge on any atom is 0.307 e. The zero-order valence-electron chi connectivity index (χ0n) is 13.2. The highest BCUT2D eigenvalue weighted by Crippen LogP contribution is 2.18. The number of nitrogens with zero attached hydrogens (tertiary/aromatic N) is 1. The van der Waals surface area contributed by atoms with E-state index in [1.54, 1.807) is 9.95 Å². The number of carbonyl (C=O) groups is 1. The van der Waals surface area contributed by atoms with Crippen LogP contribution in [0.2, 0.25) is 0 Å². The lowest BCUT2D eigenvalue weighted by Crippen LogP contribution is -2.30. The second-order valence-corrected chi connectivity index (χ2v) is 6.26. The van der Waals surface area contributed by atoms with Crippen molar-refractivity contribution in [1.82, 2.24) is 9.88 Å². The van der Waals surface area contributed by atoms with Gasteiger partial charge >= 0.3 is 4.87 Å². The Morgan fingerprint density at radius 3 is 2.70 bits per heavy atom. The van der Waals surface area contributed by atoms with Crippen LogP contribution in [0.25, 0.3) is 0 Å². The Labute approximate surface area is 139 Å². The van der Waals surface area contributed by atoms with Gasteiger partial charge < -0.3 is 15.0 Å². The summed E-state index contributed by atoms with van der Waals surface area (Å²) in [5.74, 6) is -0.0886. The van der Waals surface area contributed by atoms with Gasteiger partial charge in [0.15, 0.2) is 0 Å². The summed E-state index contributed by atoms with van der Waals surface area (Å²) >= 11 is 1.15. The average Bonchev–Trinajstić information content (AvgIpc) is 2.88. The summed E-state index contributed by atoms with van der Waals surface area (Å²) in [6.45, 7) is 2.36. The van der Waals surface area contributed by atoms with Gasteiger partial charge in [-0.3, -0.25) is 9.59 Å². The summed E-state index contributed by atoms with van der Waals surface area (Å²) in [5, 5.41) is 13.8. The molecule has 1 atom stereocenters. The second kappa shape index (κ2) is 8.64. The van der Waals surface area contributed by atoms with Gasteiger partial charge in [0.1, 0.15) is 0 Å². The first kappa shape index (κ1) is 17.4. The lowest BCUT2D eigenvalue weighted by Gasteiger charge is -2.19. The number of aliphatic hydroxyl groups is 1. The fraction of sp³-hybridized carbons (Fsp3) is 0.412. The molecule has 23 heavy (non-hydrogen) atoms. The number of aromatic nitrogens is 1. The molecule has 0 saturated carbocycles. The Kier molecular flexibility index (Phi) is 6.55. The van der Waals surface area contributed by atoms with Gasteiger partial charge in [0.05, 0.1) is 6.04 Å². The van der Waals surface area contributed by atoms with E-state index in [4.69, 9.17) is 5.11 Å². The summed E-state index contributed by atoms with van der Waals surface area (Å²) < 4.78 is 1.62. The van der Waals surface area contributed by atoms with E-state index < -0.39 is 0 Å². The van der Waals surface area contributed by atoms with E-state index in [9.17, 15) is 9.59 Å². The Balaban J connectivity index is 1.96. The van der Waals surface area contributed by atoms with Crippen LogP contribution < -0.4 is 10.2 Å². The second-order valence-electron chi connectivity index (χ2n) is 5.44. The molecule has 6 heteroatoms. The highest BCUT2D eigenvalue weighted by Gasteiger charge is 2.14. The van der Waals surface area contributed by atoms with Gasteiger partial charge in [0.25, 0.3) is 0 Å². The maximum absolute atomic E-state index is 12.2. The fourth-order valence-electron chi connectivity index (χ4n) is 2.46. The zero-order valence-corrected chi connectivity index (χ0v) is 14.0. The number of thiazole rings is 1. The SMILES string of the molecule is Cc1csc(=O)n1CCC(=O)NC(CCCO)c1ccccc1. The Bertz CT molecular complexity index is 679. The molecule has 1 unspecified atom stereocenters. The third-order valence-corrected chi connectivity index (χ3v) is 4.61. The lowest BCUT2D eigenvalue weighted by atomic mass is 10.0. The minimum atomic E-state index is -0.115. The summed E-state index contributed by atoms with van der Waals surface area (Å²) in [6.07, 6.45) is 1.58. The Morgan fingerprint density at radius 2 is 2.09 bits per heavy atom. The molecular formula is C17H22N2O3S. The average molecular weight is 334 g/mol. The third kappa shape index (κ3) is 5.04. The van der Waals surface area contributed by atoms with Crippen LogP contribution in [0, 0.1) is 6.92 Å². The molecule has 0 aliphatic heterocycles. The monoisotopic (exact) mass is 334 g/mol. The Hall–Kier alpha value is -1.92. The molecule has 1 aromatic carbocycles. The van der Waals surface area contributed by atoms with Gasteiger partial charge in [0, 0.05) is 30.6 Å². The van der Waals surface area contributed by atoms with E-state index in [1.807, 2.05) is 37.3 Å². The number of nitrogens with one attached hydrogen (secondary N) is 1. The topological polar surface area (TPSA) is 71.3 Å². The molecule has 2 rings (SSSR count). The first-order chi connectivity index (χ1) is 11.1. The van der Waals surface area contributed by atoms with Gasteiger partial charge in [-0.25, -0.2) is 0 Å². The van der Waals surface area contributed by atoms with Crippen LogP contribution in [-0.4, -0.2) is 22.2 Å². The Morgan fingerprint density at radius 1 is 1.35 bits per heavy atom. The van der Waals surface area contributed by atoms with Crippen LogP contribution in [0.3, 0.4) is 0 Å². The van der Waals surface area contributed by atoms with Crippen LogP contribution in [-0.2, 0) is 11.3 Å². The molecule has 1 amide bonds. The maximum atomic E-state index is 12.2. The van der Waals surface area contributed by atoms with Crippen molar-refractivity contribution in [2.24, 2.45) is 0 Å². The predicted octanol–water partition coefficient (Wildman–Crippen LogP) is 2.24. The molecule has 0 spiro atoms. The van der Waals surface area contributed by atoms with Crippen LogP contribution >= 0.6 is 11.3 Å². The molecule has 2 aromatic rings. The minimum Gasteiger partial charge on any atom is -0.396 e. The smallest absolute Gasteiger partial charge is 0.307 e. The number of aryl methyl sites for hydroxylation is 1. The number of rotatable bonds is 8. The van der Waals surface area contributed by atoms with Gasteiger partial charge in [-0.1, -0.05) is 41.7 Å². The summed E-state index contributed by atoms with van der Waals surface area (Å²) in [6, 6.07) is 9.62. The lowest BCUT2D eigenvalue weighted by molar-refractivity contribution is -0.122. The zero-order chi connectivity index (χ0) is 16.7. The minimum absolute atomic E-state index is 0.0322. The fourth-order valence-corrected chi connectivity index (χ4v) is 3.22. The molecular weight excluding hydrogens is 312 g/mol. The van der Waals surface area contributed by atoms with Crippen molar-refractivity contribution in [3.8, 4) is 0 Å². The first-order valence-electron chi connectivity index (χ1n) is 7.72. The molecule has 0 bridgehead atoms. The molecule has 0 aliphatic rings. The van der Waals surface area contributed by atoms with Crippen molar-refractivity contribution in [1.29, 1.82) is 0 Å². The number of aliphatic hydroxyl groups excluding tert-OH is 1. The van der Waals surface area contributed by atoms with Crippen LogP contribution in [0.1, 0.15) is 36.6 Å². The van der Waals surface area contributed by atoms with E-state index in [-0.39, 0.29) is 29.8 Å². The highest BCUT2D eigenvalue weighted by molar-refractivity contribution is 7.07. The number of hydrogen-bond donors (Lipinski definition) is 2. The first-order valence-corrected chi connectivity index (χ1v) is 8.60. The molecule has 5 nitrogen and oxygen atoms in total. The van der Waals surface area contributed by atoms with Gasteiger partial charge in [-0.15, -0.1) is 0 Å². The summed E-state index contributed by atoms with van der Waals surface area (Å²) in [4.78, 5) is 23.8. The van der Waals surface area contributed by atoms with Crippen molar-refractivity contribution >= 4 is 17.2 Å². The summed E-state index contributed by atoms with van der Waals surface area (Å²) in [5.41, 5.74) is 1.91. The third-order valence-electron chi connectivity index (χ3n) is 3.73. The van der Waals surface area contributed by atoms with E-state index in [1.165, 1.54) is 0 Å². The van der Waals surface area contributed by atoms with E-state index >= 15 is 0 Å². The van der Waals surface area contributed by atoms with E-state index in [0.717, 1.165) is 22.6 Å². The van der Waals surface area contributed by atoms with Crippen LogP contribution in [0.4, 0.5) is 0 Å². The molecule has 0 aliphatic carbocycles. The molecule has 1 aromatic heterocycles. The molecule has 124 valence electrons. The molecule has 1 heterocycles. The van der Waals surface area contributed by atoms with Crippen molar-refractivity contribution in [2.75, 3.05) is 6.61 Å². The van der Waals surface area contributed by atoms with Crippen LogP contribution in [0.15, 0.2) is 40.5 Å². The largest absolute Gasteiger partial charge is 0.396 e. The molecule has 2 N–H and O–H groups in total.